The Balaban J connectivity index is 2.46. The highest BCUT2D eigenvalue weighted by Gasteiger charge is 2.27. The Morgan fingerprint density at radius 3 is 2.14 bits per heavy atom. The van der Waals surface area contributed by atoms with Gasteiger partial charge in [0.25, 0.3) is 0 Å². The van der Waals surface area contributed by atoms with Gasteiger partial charge in [-0.1, -0.05) is 19.3 Å². The number of carbonyl (C=O) groups excluding carboxylic acids is 2. The highest BCUT2D eigenvalue weighted by Crippen LogP contribution is 2.24. The second-order valence-corrected chi connectivity index (χ2v) is 3.69. The molecule has 0 amide bonds. The number of Topliss-reactive ketones (excluding diaryl/α,β-unsaturated/α-hetero) is 2. The Morgan fingerprint density at radius 1 is 1.07 bits per heavy atom. The van der Waals surface area contributed by atoms with Gasteiger partial charge >= 0.3 is 5.97 Å². The Bertz CT molecular complexity index is 251. The molecular weight excluding hydrogens is 184 g/mol. The van der Waals surface area contributed by atoms with Crippen molar-refractivity contribution >= 4 is 17.5 Å². The summed E-state index contributed by atoms with van der Waals surface area (Å²) in [5.74, 6) is -2.66. The van der Waals surface area contributed by atoms with Gasteiger partial charge in [0, 0.05) is 5.92 Å². The van der Waals surface area contributed by atoms with Crippen LogP contribution in [0.15, 0.2) is 0 Å². The lowest BCUT2D eigenvalue weighted by molar-refractivity contribution is -0.146. The average Bonchev–Trinajstić information content (AvgIpc) is 2.17. The minimum Gasteiger partial charge on any atom is -0.481 e. The van der Waals surface area contributed by atoms with Crippen LogP contribution in [-0.4, -0.2) is 22.6 Å². The second kappa shape index (κ2) is 4.88. The fraction of sp³-hybridized carbons (Fsp3) is 0.700. The van der Waals surface area contributed by atoms with E-state index in [1.807, 2.05) is 0 Å². The van der Waals surface area contributed by atoms with Crippen LogP contribution in [0.4, 0.5) is 0 Å². The number of carboxylic acid groups (broad SMARTS) is 1. The molecule has 1 aliphatic rings. The molecule has 0 aromatic carbocycles. The fourth-order valence-electron chi connectivity index (χ4n) is 1.82. The van der Waals surface area contributed by atoms with Crippen LogP contribution in [0, 0.1) is 5.92 Å². The van der Waals surface area contributed by atoms with Gasteiger partial charge in [-0.15, -0.1) is 0 Å². The quantitative estimate of drug-likeness (QED) is 0.544. The van der Waals surface area contributed by atoms with Gasteiger partial charge in [-0.25, -0.2) is 0 Å². The van der Waals surface area contributed by atoms with Crippen LogP contribution in [-0.2, 0) is 14.4 Å². The number of aliphatic carboxylic acids is 1. The SMILES string of the molecule is O=C(O)CC(=O)C(=O)C1CCCCC1. The van der Waals surface area contributed by atoms with Crippen LogP contribution in [0.2, 0.25) is 0 Å². The molecule has 1 saturated carbocycles. The monoisotopic (exact) mass is 198 g/mol. The summed E-state index contributed by atoms with van der Waals surface area (Å²) in [5.41, 5.74) is 0. The van der Waals surface area contributed by atoms with Crippen molar-refractivity contribution in [3.63, 3.8) is 0 Å². The maximum Gasteiger partial charge on any atom is 0.311 e. The predicted octanol–water partition coefficient (Wildman–Crippen LogP) is 1.18. The number of ketones is 2. The molecule has 1 aliphatic carbocycles. The molecule has 4 nitrogen and oxygen atoms in total. The lowest BCUT2D eigenvalue weighted by Crippen LogP contribution is -2.27. The van der Waals surface area contributed by atoms with Crippen LogP contribution in [0.25, 0.3) is 0 Å². The van der Waals surface area contributed by atoms with Gasteiger partial charge in [0.1, 0.15) is 6.42 Å². The van der Waals surface area contributed by atoms with Crippen molar-refractivity contribution < 1.29 is 19.5 Å². The number of hydrogen-bond donors (Lipinski definition) is 1. The lowest BCUT2D eigenvalue weighted by atomic mass is 9.84. The standard InChI is InChI=1S/C10H14O4/c11-8(6-9(12)13)10(14)7-4-2-1-3-5-7/h7H,1-6H2,(H,12,13). The zero-order valence-corrected chi connectivity index (χ0v) is 7.99. The number of rotatable bonds is 4. The molecule has 1 fully saturated rings. The minimum absolute atomic E-state index is 0.212. The van der Waals surface area contributed by atoms with Crippen molar-refractivity contribution in [2.24, 2.45) is 5.92 Å². The third kappa shape index (κ3) is 2.94. The molecule has 1 N–H and O–H groups in total. The summed E-state index contributed by atoms with van der Waals surface area (Å²) in [6.07, 6.45) is 3.87. The molecule has 14 heavy (non-hydrogen) atoms. The van der Waals surface area contributed by atoms with Gasteiger partial charge in [-0.3, -0.25) is 14.4 Å². The van der Waals surface area contributed by atoms with E-state index in [0.717, 1.165) is 32.1 Å². The Morgan fingerprint density at radius 2 is 1.64 bits per heavy atom. The highest BCUT2D eigenvalue weighted by atomic mass is 16.4. The van der Waals surface area contributed by atoms with E-state index < -0.39 is 24.0 Å². The molecule has 0 radical (unpaired) electrons. The molecule has 0 saturated heterocycles. The first kappa shape index (κ1) is 10.9. The van der Waals surface area contributed by atoms with Crippen molar-refractivity contribution in [1.29, 1.82) is 0 Å². The topological polar surface area (TPSA) is 71.4 Å². The molecule has 1 rings (SSSR count). The minimum atomic E-state index is -1.22. The van der Waals surface area contributed by atoms with Gasteiger partial charge in [0.2, 0.25) is 11.6 Å². The Labute approximate surface area is 82.3 Å². The maximum absolute atomic E-state index is 11.4. The van der Waals surface area contributed by atoms with E-state index >= 15 is 0 Å². The highest BCUT2D eigenvalue weighted by molar-refractivity contribution is 6.40. The molecule has 0 aromatic heterocycles. The zero-order valence-electron chi connectivity index (χ0n) is 7.99. The number of hydrogen-bond acceptors (Lipinski definition) is 3. The van der Waals surface area contributed by atoms with E-state index in [1.54, 1.807) is 0 Å². The fourth-order valence-corrected chi connectivity index (χ4v) is 1.82. The molecule has 0 aromatic rings. The summed E-state index contributed by atoms with van der Waals surface area (Å²) in [4.78, 5) is 32.8. The first-order valence-electron chi connectivity index (χ1n) is 4.90. The van der Waals surface area contributed by atoms with Gasteiger partial charge in [0.15, 0.2) is 0 Å². The second-order valence-electron chi connectivity index (χ2n) is 3.69. The van der Waals surface area contributed by atoms with Crippen LogP contribution >= 0.6 is 0 Å². The molecule has 0 bridgehead atoms. The van der Waals surface area contributed by atoms with Crippen molar-refractivity contribution in [1.82, 2.24) is 0 Å². The molecular formula is C10H14O4. The number of carboxylic acids is 1. The smallest absolute Gasteiger partial charge is 0.311 e. The summed E-state index contributed by atoms with van der Waals surface area (Å²) in [7, 11) is 0. The van der Waals surface area contributed by atoms with Crippen LogP contribution in [0.5, 0.6) is 0 Å². The maximum atomic E-state index is 11.4. The summed E-state index contributed by atoms with van der Waals surface area (Å²) >= 11 is 0. The lowest BCUT2D eigenvalue weighted by Gasteiger charge is -2.18. The van der Waals surface area contributed by atoms with Crippen molar-refractivity contribution in [3.05, 3.63) is 0 Å². The van der Waals surface area contributed by atoms with E-state index in [4.69, 9.17) is 5.11 Å². The molecule has 0 heterocycles. The van der Waals surface area contributed by atoms with Crippen LogP contribution in [0.1, 0.15) is 38.5 Å². The number of carbonyl (C=O) groups is 3. The van der Waals surface area contributed by atoms with E-state index in [9.17, 15) is 14.4 Å². The third-order valence-electron chi connectivity index (χ3n) is 2.56. The summed E-state index contributed by atoms with van der Waals surface area (Å²) in [6, 6.07) is 0. The van der Waals surface area contributed by atoms with E-state index in [0.29, 0.717) is 0 Å². The van der Waals surface area contributed by atoms with E-state index in [1.165, 1.54) is 0 Å². The molecule has 4 heteroatoms. The molecule has 0 atom stereocenters. The zero-order chi connectivity index (χ0) is 10.6. The van der Waals surface area contributed by atoms with Gasteiger partial charge < -0.3 is 5.11 Å². The predicted molar refractivity (Wildman–Crippen MR) is 48.8 cm³/mol. The van der Waals surface area contributed by atoms with Gasteiger partial charge in [0.05, 0.1) is 0 Å². The first-order chi connectivity index (χ1) is 6.61. The van der Waals surface area contributed by atoms with Crippen molar-refractivity contribution in [3.8, 4) is 0 Å². The van der Waals surface area contributed by atoms with Gasteiger partial charge in [-0.2, -0.15) is 0 Å². The molecule has 0 unspecified atom stereocenters. The van der Waals surface area contributed by atoms with E-state index in [-0.39, 0.29) is 5.92 Å². The molecule has 0 aliphatic heterocycles. The molecule has 78 valence electrons. The molecule has 0 spiro atoms. The van der Waals surface area contributed by atoms with Crippen LogP contribution < -0.4 is 0 Å². The third-order valence-corrected chi connectivity index (χ3v) is 2.56. The summed E-state index contributed by atoms with van der Waals surface area (Å²) < 4.78 is 0. The average molecular weight is 198 g/mol. The summed E-state index contributed by atoms with van der Waals surface area (Å²) in [5, 5.41) is 8.36. The first-order valence-corrected chi connectivity index (χ1v) is 4.90. The summed E-state index contributed by atoms with van der Waals surface area (Å²) in [6.45, 7) is 0. The Hall–Kier alpha value is -1.19. The van der Waals surface area contributed by atoms with Crippen LogP contribution in [0.3, 0.4) is 0 Å². The van der Waals surface area contributed by atoms with Crippen molar-refractivity contribution in [2.75, 3.05) is 0 Å². The normalized spacial score (nSPS) is 17.7. The Kier molecular flexibility index (Phi) is 3.80. The van der Waals surface area contributed by atoms with Crippen molar-refractivity contribution in [2.45, 2.75) is 38.5 Å². The van der Waals surface area contributed by atoms with E-state index in [2.05, 4.69) is 0 Å². The largest absolute Gasteiger partial charge is 0.481 e. The van der Waals surface area contributed by atoms with Gasteiger partial charge in [-0.05, 0) is 12.8 Å².